The van der Waals surface area contributed by atoms with Crippen molar-refractivity contribution >= 4 is 38.5 Å². The van der Waals surface area contributed by atoms with Crippen molar-refractivity contribution in [3.63, 3.8) is 0 Å². The van der Waals surface area contributed by atoms with Gasteiger partial charge in [-0.05, 0) is 24.6 Å². The average Bonchev–Trinajstić information content (AvgIpc) is 3.53. The lowest BCUT2D eigenvalue weighted by molar-refractivity contribution is -0.145. The lowest BCUT2D eigenvalue weighted by Crippen LogP contribution is -2.48. The van der Waals surface area contributed by atoms with Gasteiger partial charge in [0.2, 0.25) is 16.8 Å². The number of hydrogen-bond acceptors (Lipinski definition) is 8. The number of pyridine rings is 2. The topological polar surface area (TPSA) is 131 Å². The summed E-state index contributed by atoms with van der Waals surface area (Å²) in [6.07, 6.45) is -9.10. The van der Waals surface area contributed by atoms with Crippen LogP contribution in [0.4, 0.5) is 30.7 Å². The monoisotopic (exact) mass is 666 g/mol. The van der Waals surface area contributed by atoms with Crippen LogP contribution in [-0.2, 0) is 33.7 Å². The van der Waals surface area contributed by atoms with E-state index in [9.17, 15) is 43.9 Å². The number of amides is 1. The number of hydrogen-bond donors (Lipinski definition) is 1. The fourth-order valence-electron chi connectivity index (χ4n) is 4.67. The van der Waals surface area contributed by atoms with E-state index in [2.05, 4.69) is 25.3 Å². The molecule has 0 spiro atoms. The van der Waals surface area contributed by atoms with Crippen LogP contribution in [-0.4, -0.2) is 56.8 Å². The molecule has 1 fully saturated rings. The van der Waals surface area contributed by atoms with E-state index in [-0.39, 0.29) is 27.4 Å². The zero-order valence-electron chi connectivity index (χ0n) is 22.0. The lowest BCUT2D eigenvalue weighted by atomic mass is 10.1. The van der Waals surface area contributed by atoms with Gasteiger partial charge in [-0.3, -0.25) is 9.78 Å². The minimum Gasteiger partial charge on any atom is -0.443 e. The number of carbonyl (C=O) groups is 1. The van der Waals surface area contributed by atoms with Gasteiger partial charge in [-0.25, -0.2) is 27.8 Å². The molecule has 0 bridgehead atoms. The molecule has 0 radical (unpaired) electrons. The highest BCUT2D eigenvalue weighted by Gasteiger charge is 2.50. The first-order valence-corrected chi connectivity index (χ1v) is 14.3. The van der Waals surface area contributed by atoms with E-state index in [0.717, 1.165) is 24.5 Å². The highest BCUT2D eigenvalue weighted by Crippen LogP contribution is 2.37. The van der Waals surface area contributed by atoms with Crippen molar-refractivity contribution in [2.75, 3.05) is 0 Å². The quantitative estimate of drug-likeness (QED) is 0.220. The molecule has 4 aromatic heterocycles. The third-order valence-electron chi connectivity index (χ3n) is 6.84. The molecule has 5 rings (SSSR count). The normalized spacial score (nSPS) is 19.9. The Kier molecular flexibility index (Phi) is 8.04. The van der Waals surface area contributed by atoms with Gasteiger partial charge in [0.1, 0.15) is 22.9 Å². The van der Waals surface area contributed by atoms with Crippen LogP contribution in [0.3, 0.4) is 0 Å². The molecule has 3 atom stereocenters. The van der Waals surface area contributed by atoms with Crippen molar-refractivity contribution in [3.05, 3.63) is 65.1 Å². The molecule has 0 aromatic carbocycles. The van der Waals surface area contributed by atoms with Crippen LogP contribution in [0, 0.1) is 0 Å². The Morgan fingerprint density at radius 3 is 2.36 bits per heavy atom. The van der Waals surface area contributed by atoms with Crippen molar-refractivity contribution < 1.29 is 48.4 Å². The molecule has 0 unspecified atom stereocenters. The molecule has 19 heteroatoms. The number of sulfonamides is 1. The standard InChI is InChI=1S/C25H18ClF7N6O4S/c1-11-16(27)6-18(39(11)44(41,42)20-5-14-19(43-20)2-3-34-21(14)26)22(40)36-7-12-4-17(35-10-15(12)24(28,29)30)13-8-37-23(38-9-13)25(31,32)33/h2-5,8-11,16,18H,6-7H2,1H3,(H,36,40)/t11-,16-,18-/m1/s1. The highest BCUT2D eigenvalue weighted by molar-refractivity contribution is 7.89. The second kappa shape index (κ2) is 11.2. The van der Waals surface area contributed by atoms with Crippen LogP contribution in [0.15, 0.2) is 52.5 Å². The van der Waals surface area contributed by atoms with Crippen LogP contribution >= 0.6 is 11.6 Å². The van der Waals surface area contributed by atoms with Gasteiger partial charge in [-0.1, -0.05) is 11.6 Å². The fraction of sp³-hybridized carbons (Fsp3) is 0.320. The Labute approximate surface area is 248 Å². The maximum absolute atomic E-state index is 14.8. The van der Waals surface area contributed by atoms with Crippen molar-refractivity contribution in [2.24, 2.45) is 0 Å². The average molecular weight is 667 g/mol. The second-order valence-corrected chi connectivity index (χ2v) is 11.8. The van der Waals surface area contributed by atoms with Gasteiger partial charge in [0, 0.05) is 49.4 Å². The van der Waals surface area contributed by atoms with Crippen molar-refractivity contribution in [1.82, 2.24) is 29.6 Å². The van der Waals surface area contributed by atoms with E-state index >= 15 is 0 Å². The van der Waals surface area contributed by atoms with Crippen LogP contribution in [0.5, 0.6) is 0 Å². The van der Waals surface area contributed by atoms with E-state index in [0.29, 0.717) is 10.5 Å². The summed E-state index contributed by atoms with van der Waals surface area (Å²) < 4.78 is 127. The zero-order chi connectivity index (χ0) is 32.2. The molecule has 1 aliphatic heterocycles. The molecule has 4 aromatic rings. The van der Waals surface area contributed by atoms with E-state index in [1.165, 1.54) is 19.2 Å². The summed E-state index contributed by atoms with van der Waals surface area (Å²) in [5.74, 6) is -2.58. The molecular weight excluding hydrogens is 649 g/mol. The predicted octanol–water partition coefficient (Wildman–Crippen LogP) is 5.18. The first kappa shape index (κ1) is 31.5. The summed E-state index contributed by atoms with van der Waals surface area (Å²) in [7, 11) is -4.67. The Bertz CT molecular complexity index is 1830. The predicted molar refractivity (Wildman–Crippen MR) is 138 cm³/mol. The Morgan fingerprint density at radius 2 is 1.75 bits per heavy atom. The number of halogens is 8. The molecule has 234 valence electrons. The molecule has 1 N–H and O–H groups in total. The molecule has 1 saturated heterocycles. The molecular formula is C25H18ClF7N6O4S. The van der Waals surface area contributed by atoms with Crippen LogP contribution in [0.1, 0.15) is 30.3 Å². The third kappa shape index (κ3) is 5.92. The third-order valence-corrected chi connectivity index (χ3v) is 8.99. The number of carbonyl (C=O) groups excluding carboxylic acids is 1. The lowest BCUT2D eigenvalue weighted by Gasteiger charge is -2.25. The number of aromatic nitrogens is 4. The van der Waals surface area contributed by atoms with Crippen molar-refractivity contribution in [3.8, 4) is 11.3 Å². The number of nitrogens with one attached hydrogen (secondary N) is 1. The summed E-state index contributed by atoms with van der Waals surface area (Å²) >= 11 is 5.99. The van der Waals surface area contributed by atoms with E-state index in [1.54, 1.807) is 0 Å². The molecule has 1 amide bonds. The molecule has 10 nitrogen and oxygen atoms in total. The molecule has 1 aliphatic rings. The number of alkyl halides is 7. The Hall–Kier alpha value is -3.90. The summed E-state index contributed by atoms with van der Waals surface area (Å²) in [6.45, 7) is 0.391. The van der Waals surface area contributed by atoms with Gasteiger partial charge in [0.25, 0.3) is 10.0 Å². The summed E-state index contributed by atoms with van der Waals surface area (Å²) in [5.41, 5.74) is -2.18. The van der Waals surface area contributed by atoms with Gasteiger partial charge < -0.3 is 9.73 Å². The Balaban J connectivity index is 1.42. The maximum atomic E-state index is 14.8. The SMILES string of the molecule is C[C@@H]1[C@H](F)C[C@H](C(=O)NCc2cc(-c3cnc(C(F)(F)F)nc3)ncc2C(F)(F)F)N1S(=O)(=O)c1cc2c(Cl)nccc2o1. The van der Waals surface area contributed by atoms with Gasteiger partial charge >= 0.3 is 12.4 Å². The molecule has 0 aliphatic carbocycles. The number of fused-ring (bicyclic) bond motifs is 1. The summed E-state index contributed by atoms with van der Waals surface area (Å²) in [5, 5.41) is 1.63. The van der Waals surface area contributed by atoms with Gasteiger partial charge in [0.15, 0.2) is 0 Å². The van der Waals surface area contributed by atoms with Crippen LogP contribution in [0.2, 0.25) is 5.15 Å². The highest BCUT2D eigenvalue weighted by atomic mass is 35.5. The summed E-state index contributed by atoms with van der Waals surface area (Å²) in [6, 6.07) is 0.242. The number of furan rings is 1. The summed E-state index contributed by atoms with van der Waals surface area (Å²) in [4.78, 5) is 27.0. The van der Waals surface area contributed by atoms with E-state index in [4.69, 9.17) is 16.0 Å². The fourth-order valence-corrected chi connectivity index (χ4v) is 6.63. The first-order valence-electron chi connectivity index (χ1n) is 12.4. The van der Waals surface area contributed by atoms with Crippen molar-refractivity contribution in [1.29, 1.82) is 0 Å². The van der Waals surface area contributed by atoms with Crippen LogP contribution in [0.25, 0.3) is 22.2 Å². The minimum absolute atomic E-state index is 0.0554. The largest absolute Gasteiger partial charge is 0.451 e. The maximum Gasteiger partial charge on any atom is 0.451 e. The van der Waals surface area contributed by atoms with Gasteiger partial charge in [-0.15, -0.1) is 0 Å². The minimum atomic E-state index is -4.96. The molecule has 0 saturated carbocycles. The number of rotatable bonds is 6. The van der Waals surface area contributed by atoms with Gasteiger partial charge in [-0.2, -0.15) is 30.6 Å². The molecule has 5 heterocycles. The van der Waals surface area contributed by atoms with Crippen molar-refractivity contribution in [2.45, 2.75) is 55.6 Å². The van der Waals surface area contributed by atoms with E-state index in [1.807, 2.05) is 0 Å². The Morgan fingerprint density at radius 1 is 1.07 bits per heavy atom. The second-order valence-electron chi connectivity index (χ2n) is 9.66. The van der Waals surface area contributed by atoms with E-state index < -0.39 is 81.5 Å². The molecule has 44 heavy (non-hydrogen) atoms. The van der Waals surface area contributed by atoms with Crippen LogP contribution < -0.4 is 5.32 Å². The first-order chi connectivity index (χ1) is 20.5. The zero-order valence-corrected chi connectivity index (χ0v) is 23.6. The van der Waals surface area contributed by atoms with Gasteiger partial charge in [0.05, 0.1) is 22.7 Å². The smallest absolute Gasteiger partial charge is 0.443 e. The number of nitrogens with zero attached hydrogens (tertiary/aromatic N) is 5.